The maximum absolute atomic E-state index is 4.80. The molecule has 0 aromatic heterocycles. The number of nitrogens with one attached hydrogen (secondary N) is 2. The number of halogens is 1. The number of nitrogens with zero attached hydrogens (tertiary/aromatic N) is 3. The first-order valence-corrected chi connectivity index (χ1v) is 11.5. The number of hydrogen-bond donors (Lipinski definition) is 2. The largest absolute Gasteiger partial charge is 0.357 e. The van der Waals surface area contributed by atoms with E-state index in [4.69, 9.17) is 4.99 Å². The van der Waals surface area contributed by atoms with Crippen molar-refractivity contribution in [1.29, 1.82) is 0 Å². The summed E-state index contributed by atoms with van der Waals surface area (Å²) in [5.41, 5.74) is 2.72. The molecular formula is C24H44IN5. The van der Waals surface area contributed by atoms with Crippen LogP contribution < -0.4 is 10.6 Å². The first kappa shape index (κ1) is 27.2. The molecule has 1 aromatic carbocycles. The summed E-state index contributed by atoms with van der Waals surface area (Å²) >= 11 is 0. The summed E-state index contributed by atoms with van der Waals surface area (Å²) in [5.74, 6) is 1.62. The maximum Gasteiger partial charge on any atom is 0.191 e. The molecule has 1 heterocycles. The fourth-order valence-corrected chi connectivity index (χ4v) is 3.73. The number of rotatable bonds is 10. The predicted molar refractivity (Wildman–Crippen MR) is 141 cm³/mol. The highest BCUT2D eigenvalue weighted by atomic mass is 127. The molecule has 1 unspecified atom stereocenters. The second-order valence-electron chi connectivity index (χ2n) is 8.82. The van der Waals surface area contributed by atoms with Crippen LogP contribution in [0.2, 0.25) is 0 Å². The van der Waals surface area contributed by atoms with Crippen molar-refractivity contribution in [3.8, 4) is 0 Å². The van der Waals surface area contributed by atoms with E-state index in [2.05, 4.69) is 79.4 Å². The average Bonchev–Trinajstić information content (AvgIpc) is 2.69. The molecule has 2 N–H and O–H groups in total. The summed E-state index contributed by atoms with van der Waals surface area (Å²) in [6.07, 6.45) is 3.50. The molecule has 6 heteroatoms. The van der Waals surface area contributed by atoms with Crippen LogP contribution in [0.3, 0.4) is 0 Å². The number of likely N-dealkylation sites (N-methyl/N-ethyl adjacent to an activating group) is 1. The Morgan fingerprint density at radius 2 is 1.70 bits per heavy atom. The molecule has 0 aliphatic carbocycles. The standard InChI is InChI=1S/C24H43N5.HI/c1-6-25-24(26-13-7-8-14-29-17-15-28(5)16-18-29)27-21(4)23-11-9-22(10-12-23)19-20(2)3;/h9-12,20-21H,6-8,13-19H2,1-5H3,(H2,25,26,27);1H. The van der Waals surface area contributed by atoms with Crippen molar-refractivity contribution < 1.29 is 0 Å². The van der Waals surface area contributed by atoms with Crippen molar-refractivity contribution in [1.82, 2.24) is 20.4 Å². The number of hydrogen-bond acceptors (Lipinski definition) is 3. The molecule has 0 radical (unpaired) electrons. The predicted octanol–water partition coefficient (Wildman–Crippen LogP) is 4.15. The van der Waals surface area contributed by atoms with Crippen LogP contribution in [0.1, 0.15) is 57.7 Å². The van der Waals surface area contributed by atoms with Crippen LogP contribution >= 0.6 is 24.0 Å². The number of piperazine rings is 1. The van der Waals surface area contributed by atoms with Gasteiger partial charge in [-0.2, -0.15) is 0 Å². The minimum atomic E-state index is 0. The lowest BCUT2D eigenvalue weighted by Gasteiger charge is -2.32. The van der Waals surface area contributed by atoms with Gasteiger partial charge in [0, 0.05) is 39.3 Å². The summed E-state index contributed by atoms with van der Waals surface area (Å²) < 4.78 is 0. The Kier molecular flexibility index (Phi) is 13.6. The fourth-order valence-electron chi connectivity index (χ4n) is 3.73. The lowest BCUT2D eigenvalue weighted by Crippen LogP contribution is -2.44. The highest BCUT2D eigenvalue weighted by molar-refractivity contribution is 14.0. The molecular weight excluding hydrogens is 485 g/mol. The van der Waals surface area contributed by atoms with E-state index in [0.717, 1.165) is 31.9 Å². The van der Waals surface area contributed by atoms with Crippen LogP contribution in [0.5, 0.6) is 0 Å². The van der Waals surface area contributed by atoms with Crippen LogP contribution in [-0.2, 0) is 6.42 Å². The Hall–Kier alpha value is -0.860. The van der Waals surface area contributed by atoms with Crippen LogP contribution in [0.4, 0.5) is 0 Å². The zero-order valence-corrected chi connectivity index (χ0v) is 22.1. The zero-order chi connectivity index (χ0) is 21.1. The Bertz CT molecular complexity index is 594. The van der Waals surface area contributed by atoms with E-state index in [-0.39, 0.29) is 30.0 Å². The summed E-state index contributed by atoms with van der Waals surface area (Å²) in [7, 11) is 2.21. The summed E-state index contributed by atoms with van der Waals surface area (Å²) in [6, 6.07) is 9.25. The molecule has 172 valence electrons. The third-order valence-electron chi connectivity index (χ3n) is 5.57. The molecule has 1 fully saturated rings. The van der Waals surface area contributed by atoms with Gasteiger partial charge in [0.2, 0.25) is 0 Å². The molecule has 1 aromatic rings. The van der Waals surface area contributed by atoms with Crippen LogP contribution in [0.25, 0.3) is 0 Å². The van der Waals surface area contributed by atoms with E-state index in [1.165, 1.54) is 50.3 Å². The minimum Gasteiger partial charge on any atom is -0.357 e. The lowest BCUT2D eigenvalue weighted by atomic mass is 10.00. The Morgan fingerprint density at radius 1 is 1.03 bits per heavy atom. The zero-order valence-electron chi connectivity index (χ0n) is 19.8. The molecule has 1 saturated heterocycles. The van der Waals surface area contributed by atoms with Gasteiger partial charge in [-0.1, -0.05) is 38.1 Å². The fraction of sp³-hybridized carbons (Fsp3) is 0.708. The van der Waals surface area contributed by atoms with E-state index in [0.29, 0.717) is 5.92 Å². The SMILES string of the molecule is CCNC(=NCCCCN1CCN(C)CC1)NC(C)c1ccc(CC(C)C)cc1.I. The summed E-state index contributed by atoms with van der Waals surface area (Å²) in [5, 5.41) is 6.95. The molecule has 0 saturated carbocycles. The number of guanidine groups is 1. The van der Waals surface area contributed by atoms with E-state index in [9.17, 15) is 0 Å². The Balaban J connectivity index is 0.00000450. The first-order chi connectivity index (χ1) is 14.0. The van der Waals surface area contributed by atoms with E-state index in [1.54, 1.807) is 0 Å². The normalized spacial score (nSPS) is 16.9. The lowest BCUT2D eigenvalue weighted by molar-refractivity contribution is 0.152. The van der Waals surface area contributed by atoms with Gasteiger partial charge in [0.05, 0.1) is 6.04 Å². The van der Waals surface area contributed by atoms with Gasteiger partial charge in [-0.25, -0.2) is 0 Å². The van der Waals surface area contributed by atoms with E-state index in [1.807, 2.05) is 0 Å². The van der Waals surface area contributed by atoms with Gasteiger partial charge in [-0.15, -0.1) is 24.0 Å². The molecule has 0 bridgehead atoms. The summed E-state index contributed by atoms with van der Waals surface area (Å²) in [6.45, 7) is 16.6. The van der Waals surface area contributed by atoms with Gasteiger partial charge in [0.25, 0.3) is 0 Å². The smallest absolute Gasteiger partial charge is 0.191 e. The van der Waals surface area contributed by atoms with Crippen molar-refractivity contribution in [2.75, 3.05) is 52.9 Å². The maximum atomic E-state index is 4.80. The second-order valence-corrected chi connectivity index (χ2v) is 8.82. The van der Waals surface area contributed by atoms with Gasteiger partial charge < -0.3 is 20.4 Å². The topological polar surface area (TPSA) is 42.9 Å². The molecule has 5 nitrogen and oxygen atoms in total. The van der Waals surface area contributed by atoms with Crippen LogP contribution in [-0.4, -0.2) is 68.6 Å². The summed E-state index contributed by atoms with van der Waals surface area (Å²) in [4.78, 5) is 9.79. The number of unbranched alkanes of at least 4 members (excludes halogenated alkanes) is 1. The van der Waals surface area contributed by atoms with Crippen LogP contribution in [0, 0.1) is 5.92 Å². The molecule has 1 aliphatic rings. The van der Waals surface area contributed by atoms with Gasteiger partial charge in [-0.3, -0.25) is 4.99 Å². The Morgan fingerprint density at radius 3 is 2.30 bits per heavy atom. The molecule has 1 atom stereocenters. The van der Waals surface area contributed by atoms with E-state index < -0.39 is 0 Å². The molecule has 0 spiro atoms. The quantitative estimate of drug-likeness (QED) is 0.207. The Labute approximate surface area is 202 Å². The van der Waals surface area contributed by atoms with Crippen molar-refractivity contribution >= 4 is 29.9 Å². The van der Waals surface area contributed by atoms with Crippen molar-refractivity contribution in [3.63, 3.8) is 0 Å². The second kappa shape index (κ2) is 15.0. The van der Waals surface area contributed by atoms with Gasteiger partial charge in [0.1, 0.15) is 0 Å². The molecule has 30 heavy (non-hydrogen) atoms. The highest BCUT2D eigenvalue weighted by Crippen LogP contribution is 2.15. The number of aliphatic imine (C=N–C) groups is 1. The van der Waals surface area contributed by atoms with Crippen molar-refractivity contribution in [2.24, 2.45) is 10.9 Å². The van der Waals surface area contributed by atoms with Gasteiger partial charge in [0.15, 0.2) is 5.96 Å². The van der Waals surface area contributed by atoms with Crippen molar-refractivity contribution in [2.45, 2.75) is 53.0 Å². The monoisotopic (exact) mass is 529 g/mol. The van der Waals surface area contributed by atoms with E-state index >= 15 is 0 Å². The van der Waals surface area contributed by atoms with Gasteiger partial charge in [-0.05, 0) is 63.7 Å². The molecule has 1 aliphatic heterocycles. The third kappa shape index (κ3) is 10.4. The number of benzene rings is 1. The molecule has 2 rings (SSSR count). The highest BCUT2D eigenvalue weighted by Gasteiger charge is 2.12. The van der Waals surface area contributed by atoms with Gasteiger partial charge >= 0.3 is 0 Å². The third-order valence-corrected chi connectivity index (χ3v) is 5.57. The van der Waals surface area contributed by atoms with Crippen molar-refractivity contribution in [3.05, 3.63) is 35.4 Å². The van der Waals surface area contributed by atoms with Crippen LogP contribution in [0.15, 0.2) is 29.3 Å². The minimum absolute atomic E-state index is 0. The average molecular weight is 530 g/mol. The molecule has 0 amide bonds. The first-order valence-electron chi connectivity index (χ1n) is 11.5.